The van der Waals surface area contributed by atoms with E-state index in [1.54, 1.807) is 12.1 Å². The van der Waals surface area contributed by atoms with Gasteiger partial charge >= 0.3 is 0 Å². The van der Waals surface area contributed by atoms with Gasteiger partial charge in [-0.25, -0.2) is 8.78 Å². The summed E-state index contributed by atoms with van der Waals surface area (Å²) in [6.45, 7) is 4.62. The van der Waals surface area contributed by atoms with Crippen molar-refractivity contribution in [2.75, 3.05) is 0 Å². The minimum atomic E-state index is -0.686. The molecule has 2 rings (SSSR count). The second-order valence-corrected chi connectivity index (χ2v) is 5.43. The molecule has 0 spiro atoms. The molecule has 0 unspecified atom stereocenters. The van der Waals surface area contributed by atoms with E-state index in [2.05, 4.69) is 5.32 Å². The van der Waals surface area contributed by atoms with Crippen molar-refractivity contribution in [3.8, 4) is 11.5 Å². The predicted octanol–water partition coefficient (Wildman–Crippen LogP) is 4.91. The molecule has 0 radical (unpaired) electrons. The van der Waals surface area contributed by atoms with Crippen LogP contribution in [0.4, 0.5) is 8.78 Å². The zero-order chi connectivity index (χ0) is 15.4. The highest BCUT2D eigenvalue weighted by Gasteiger charge is 2.09. The summed E-state index contributed by atoms with van der Waals surface area (Å²) in [5, 5.41) is 3.75. The maximum absolute atomic E-state index is 13.2. The molecular formula is C16H16ClF2NO. The van der Waals surface area contributed by atoms with Gasteiger partial charge in [-0.05, 0) is 12.1 Å². The first-order valence-electron chi connectivity index (χ1n) is 6.60. The molecule has 0 bridgehead atoms. The van der Waals surface area contributed by atoms with Gasteiger partial charge in [0.05, 0.1) is 0 Å². The number of nitrogens with one attached hydrogen (secondary N) is 1. The first-order valence-corrected chi connectivity index (χ1v) is 6.97. The third-order valence-corrected chi connectivity index (χ3v) is 3.03. The second kappa shape index (κ2) is 6.87. The van der Waals surface area contributed by atoms with Crippen molar-refractivity contribution >= 4 is 11.6 Å². The van der Waals surface area contributed by atoms with Crippen molar-refractivity contribution in [2.45, 2.75) is 26.4 Å². The van der Waals surface area contributed by atoms with E-state index < -0.39 is 11.6 Å². The fourth-order valence-electron chi connectivity index (χ4n) is 1.80. The Kier molecular flexibility index (Phi) is 5.15. The Morgan fingerprint density at radius 1 is 1.10 bits per heavy atom. The molecule has 2 aromatic carbocycles. The van der Waals surface area contributed by atoms with Crippen LogP contribution in [0.1, 0.15) is 19.4 Å². The molecule has 21 heavy (non-hydrogen) atoms. The maximum atomic E-state index is 13.2. The number of ether oxygens (including phenoxy) is 1. The fourth-order valence-corrected chi connectivity index (χ4v) is 1.96. The third kappa shape index (κ3) is 4.69. The molecule has 0 aliphatic rings. The zero-order valence-corrected chi connectivity index (χ0v) is 12.5. The first-order chi connectivity index (χ1) is 9.94. The Labute approximate surface area is 127 Å². The summed E-state index contributed by atoms with van der Waals surface area (Å²) < 4.78 is 32.0. The second-order valence-electron chi connectivity index (χ2n) is 4.99. The summed E-state index contributed by atoms with van der Waals surface area (Å²) in [6, 6.07) is 8.56. The summed E-state index contributed by atoms with van der Waals surface area (Å²) in [7, 11) is 0. The van der Waals surface area contributed by atoms with Crippen LogP contribution in [0.25, 0.3) is 0 Å². The van der Waals surface area contributed by atoms with E-state index in [1.807, 2.05) is 19.9 Å². The number of hydrogen-bond acceptors (Lipinski definition) is 2. The smallest absolute Gasteiger partial charge is 0.133 e. The van der Waals surface area contributed by atoms with Gasteiger partial charge in [0.1, 0.15) is 23.1 Å². The van der Waals surface area contributed by atoms with Crippen molar-refractivity contribution < 1.29 is 13.5 Å². The lowest BCUT2D eigenvalue weighted by molar-refractivity contribution is 0.458. The molecule has 0 amide bonds. The van der Waals surface area contributed by atoms with Crippen LogP contribution in [0.3, 0.4) is 0 Å². The van der Waals surface area contributed by atoms with E-state index in [9.17, 15) is 8.78 Å². The first kappa shape index (κ1) is 15.7. The normalized spacial score (nSPS) is 11.0. The van der Waals surface area contributed by atoms with Gasteiger partial charge in [0.15, 0.2) is 0 Å². The molecule has 1 N–H and O–H groups in total. The standard InChI is InChI=1S/C16H16ClF2NO/c1-10(2)20-9-11-3-4-12(17)5-16(11)21-15-7-13(18)6-14(19)8-15/h3-8,10,20H,9H2,1-2H3. The Balaban J connectivity index is 2.26. The highest BCUT2D eigenvalue weighted by Crippen LogP contribution is 2.29. The summed E-state index contributed by atoms with van der Waals surface area (Å²) in [5.41, 5.74) is 0.859. The maximum Gasteiger partial charge on any atom is 0.133 e. The molecule has 0 saturated carbocycles. The van der Waals surface area contributed by atoms with Gasteiger partial charge in [-0.1, -0.05) is 31.5 Å². The highest BCUT2D eigenvalue weighted by molar-refractivity contribution is 6.30. The van der Waals surface area contributed by atoms with Crippen LogP contribution in [0, 0.1) is 11.6 Å². The summed E-state index contributed by atoms with van der Waals surface area (Å²) >= 11 is 5.96. The summed E-state index contributed by atoms with van der Waals surface area (Å²) in [5.74, 6) is -0.802. The number of benzene rings is 2. The van der Waals surface area contributed by atoms with Crippen LogP contribution in [0.15, 0.2) is 36.4 Å². The topological polar surface area (TPSA) is 21.3 Å². The summed E-state index contributed by atoms with van der Waals surface area (Å²) in [4.78, 5) is 0. The molecule has 2 nitrogen and oxygen atoms in total. The minimum absolute atomic E-state index is 0.0977. The minimum Gasteiger partial charge on any atom is -0.457 e. The van der Waals surface area contributed by atoms with Gasteiger partial charge in [-0.3, -0.25) is 0 Å². The monoisotopic (exact) mass is 311 g/mol. The van der Waals surface area contributed by atoms with Crippen LogP contribution >= 0.6 is 11.6 Å². The van der Waals surface area contributed by atoms with Gasteiger partial charge in [0, 0.05) is 41.4 Å². The highest BCUT2D eigenvalue weighted by atomic mass is 35.5. The predicted molar refractivity (Wildman–Crippen MR) is 79.9 cm³/mol. The van der Waals surface area contributed by atoms with Crippen molar-refractivity contribution in [3.05, 3.63) is 58.6 Å². The Bertz CT molecular complexity index is 611. The van der Waals surface area contributed by atoms with E-state index in [-0.39, 0.29) is 5.75 Å². The van der Waals surface area contributed by atoms with Crippen LogP contribution in [-0.2, 0) is 6.54 Å². The SMILES string of the molecule is CC(C)NCc1ccc(Cl)cc1Oc1cc(F)cc(F)c1. The van der Waals surface area contributed by atoms with Crippen molar-refractivity contribution in [1.29, 1.82) is 0 Å². The van der Waals surface area contributed by atoms with E-state index in [4.69, 9.17) is 16.3 Å². The average molecular weight is 312 g/mol. The van der Waals surface area contributed by atoms with E-state index in [1.165, 1.54) is 0 Å². The van der Waals surface area contributed by atoms with Crippen LogP contribution in [0.5, 0.6) is 11.5 Å². The largest absolute Gasteiger partial charge is 0.457 e. The van der Waals surface area contributed by atoms with Gasteiger partial charge in [-0.15, -0.1) is 0 Å². The Hall–Kier alpha value is -1.65. The fraction of sp³-hybridized carbons (Fsp3) is 0.250. The number of rotatable bonds is 5. The molecule has 0 atom stereocenters. The van der Waals surface area contributed by atoms with Crippen LogP contribution in [0.2, 0.25) is 5.02 Å². The molecule has 0 saturated heterocycles. The zero-order valence-electron chi connectivity index (χ0n) is 11.8. The molecule has 0 aromatic heterocycles. The Morgan fingerprint density at radius 2 is 1.76 bits per heavy atom. The van der Waals surface area contributed by atoms with Crippen molar-refractivity contribution in [2.24, 2.45) is 0 Å². The lowest BCUT2D eigenvalue weighted by atomic mass is 10.2. The molecule has 0 aliphatic heterocycles. The molecule has 0 heterocycles. The van der Waals surface area contributed by atoms with Crippen LogP contribution < -0.4 is 10.1 Å². The average Bonchev–Trinajstić information content (AvgIpc) is 2.36. The van der Waals surface area contributed by atoms with Gasteiger partial charge in [0.2, 0.25) is 0 Å². The van der Waals surface area contributed by atoms with Gasteiger partial charge in [0.25, 0.3) is 0 Å². The molecular weight excluding hydrogens is 296 g/mol. The quantitative estimate of drug-likeness (QED) is 0.847. The third-order valence-electron chi connectivity index (χ3n) is 2.79. The van der Waals surface area contributed by atoms with E-state index >= 15 is 0 Å². The number of hydrogen-bond donors (Lipinski definition) is 1. The van der Waals surface area contributed by atoms with Crippen molar-refractivity contribution in [1.82, 2.24) is 5.32 Å². The summed E-state index contributed by atoms with van der Waals surface area (Å²) in [6.07, 6.45) is 0. The molecule has 0 fully saturated rings. The lowest BCUT2D eigenvalue weighted by Crippen LogP contribution is -2.22. The van der Waals surface area contributed by atoms with Gasteiger partial charge in [-0.2, -0.15) is 0 Å². The van der Waals surface area contributed by atoms with Gasteiger partial charge < -0.3 is 10.1 Å². The molecule has 0 aliphatic carbocycles. The van der Waals surface area contributed by atoms with Crippen molar-refractivity contribution in [3.63, 3.8) is 0 Å². The number of halogens is 3. The lowest BCUT2D eigenvalue weighted by Gasteiger charge is -2.14. The van der Waals surface area contributed by atoms with E-state index in [0.29, 0.717) is 23.4 Å². The van der Waals surface area contributed by atoms with Crippen LogP contribution in [-0.4, -0.2) is 6.04 Å². The molecule has 5 heteroatoms. The molecule has 112 valence electrons. The Morgan fingerprint density at radius 3 is 2.38 bits per heavy atom. The molecule has 2 aromatic rings. The van der Waals surface area contributed by atoms with E-state index in [0.717, 1.165) is 23.8 Å².